The fourth-order valence-corrected chi connectivity index (χ4v) is 2.18. The van der Waals surface area contributed by atoms with Gasteiger partial charge in [0.25, 0.3) is 0 Å². The van der Waals surface area contributed by atoms with Gasteiger partial charge in [0.2, 0.25) is 0 Å². The minimum Gasteiger partial charge on any atom is -0.380 e. The van der Waals surface area contributed by atoms with Gasteiger partial charge in [-0.3, -0.25) is 0 Å². The van der Waals surface area contributed by atoms with Crippen LogP contribution in [0, 0.1) is 0 Å². The highest BCUT2D eigenvalue weighted by atomic mass is 16.5. The van der Waals surface area contributed by atoms with Gasteiger partial charge < -0.3 is 10.1 Å². The summed E-state index contributed by atoms with van der Waals surface area (Å²) < 4.78 is 5.46. The smallest absolute Gasteiger partial charge is 0.0591 e. The summed E-state index contributed by atoms with van der Waals surface area (Å²) in [6.45, 7) is 7.28. The Morgan fingerprint density at radius 3 is 2.50 bits per heavy atom. The Morgan fingerprint density at radius 1 is 1.14 bits per heavy atom. The van der Waals surface area contributed by atoms with E-state index in [1.165, 1.54) is 32.1 Å². The molecule has 0 aliphatic heterocycles. The Balaban J connectivity index is 2.03. The predicted octanol–water partition coefficient (Wildman–Crippen LogP) is 2.73. The van der Waals surface area contributed by atoms with Crippen LogP contribution in [-0.2, 0) is 4.74 Å². The first kappa shape index (κ1) is 12.0. The third-order valence-electron chi connectivity index (χ3n) is 3.10. The minimum absolute atomic E-state index is 0.397. The summed E-state index contributed by atoms with van der Waals surface area (Å²) in [5, 5.41) is 3.63. The lowest BCUT2D eigenvalue weighted by atomic mass is 9.83. The van der Waals surface area contributed by atoms with Crippen LogP contribution < -0.4 is 5.32 Å². The zero-order valence-electron chi connectivity index (χ0n) is 9.77. The molecule has 1 fully saturated rings. The molecule has 0 atom stereocenters. The van der Waals surface area contributed by atoms with E-state index in [0.717, 1.165) is 26.2 Å². The molecule has 0 aromatic carbocycles. The van der Waals surface area contributed by atoms with E-state index in [0.29, 0.717) is 5.54 Å². The minimum atomic E-state index is 0.397. The molecule has 1 N–H and O–H groups in total. The third-order valence-corrected chi connectivity index (χ3v) is 3.10. The van der Waals surface area contributed by atoms with Crippen LogP contribution in [0.25, 0.3) is 0 Å². The highest BCUT2D eigenvalue weighted by Crippen LogP contribution is 2.27. The summed E-state index contributed by atoms with van der Waals surface area (Å²) in [5.74, 6) is 0. The first-order chi connectivity index (χ1) is 6.77. The number of rotatable bonds is 6. The van der Waals surface area contributed by atoms with Gasteiger partial charge in [0.05, 0.1) is 6.61 Å². The number of hydrogen-bond acceptors (Lipinski definition) is 2. The number of hydrogen-bond donors (Lipinski definition) is 1. The van der Waals surface area contributed by atoms with Crippen LogP contribution in [0.5, 0.6) is 0 Å². The largest absolute Gasteiger partial charge is 0.380 e. The average Bonchev–Trinajstić information content (AvgIpc) is 2.18. The maximum atomic E-state index is 5.46. The lowest BCUT2D eigenvalue weighted by Gasteiger charge is -2.34. The Kier molecular flexibility index (Phi) is 5.49. The van der Waals surface area contributed by atoms with E-state index < -0.39 is 0 Å². The molecule has 1 aliphatic carbocycles. The van der Waals surface area contributed by atoms with Crippen LogP contribution in [0.15, 0.2) is 0 Å². The van der Waals surface area contributed by atoms with E-state index in [2.05, 4.69) is 19.2 Å². The summed E-state index contributed by atoms with van der Waals surface area (Å²) in [6.07, 6.45) is 7.99. The molecule has 0 saturated heterocycles. The van der Waals surface area contributed by atoms with Crippen molar-refractivity contribution in [3.63, 3.8) is 0 Å². The Labute approximate surface area is 88.4 Å². The molecule has 1 aliphatic rings. The zero-order chi connectivity index (χ0) is 10.3. The second-order valence-corrected chi connectivity index (χ2v) is 4.66. The van der Waals surface area contributed by atoms with Crippen LogP contribution in [0.2, 0.25) is 0 Å². The first-order valence-electron chi connectivity index (χ1n) is 6.10. The summed E-state index contributed by atoms with van der Waals surface area (Å²) in [5.41, 5.74) is 0.397. The highest BCUT2D eigenvalue weighted by Gasteiger charge is 2.25. The molecular formula is C12H25NO. The number of ether oxygens (including phenoxy) is 1. The predicted molar refractivity (Wildman–Crippen MR) is 60.6 cm³/mol. The van der Waals surface area contributed by atoms with Gasteiger partial charge in [0.1, 0.15) is 0 Å². The van der Waals surface area contributed by atoms with Gasteiger partial charge in [-0.05, 0) is 26.2 Å². The molecule has 0 bridgehead atoms. The monoisotopic (exact) mass is 199 g/mol. The van der Waals surface area contributed by atoms with Crippen molar-refractivity contribution in [3.8, 4) is 0 Å². The molecule has 2 heteroatoms. The molecule has 0 aromatic heterocycles. The van der Waals surface area contributed by atoms with Gasteiger partial charge >= 0.3 is 0 Å². The zero-order valence-corrected chi connectivity index (χ0v) is 9.77. The maximum absolute atomic E-state index is 5.46. The van der Waals surface area contributed by atoms with Gasteiger partial charge in [-0.2, -0.15) is 0 Å². The summed E-state index contributed by atoms with van der Waals surface area (Å²) in [7, 11) is 0. The van der Waals surface area contributed by atoms with E-state index in [1.54, 1.807) is 0 Å². The van der Waals surface area contributed by atoms with Crippen molar-refractivity contribution in [2.24, 2.45) is 0 Å². The van der Waals surface area contributed by atoms with Gasteiger partial charge in [-0.25, -0.2) is 0 Å². The molecule has 1 saturated carbocycles. The second-order valence-electron chi connectivity index (χ2n) is 4.66. The summed E-state index contributed by atoms with van der Waals surface area (Å²) in [4.78, 5) is 0. The Bertz CT molecular complexity index is 141. The standard InChI is InChI=1S/C12H25NO/c1-3-10-14-11-9-13-12(2)7-5-4-6-8-12/h13H,3-11H2,1-2H3. The molecule has 14 heavy (non-hydrogen) atoms. The molecule has 0 radical (unpaired) electrons. The summed E-state index contributed by atoms with van der Waals surface area (Å²) in [6, 6.07) is 0. The van der Waals surface area contributed by atoms with Crippen molar-refractivity contribution in [3.05, 3.63) is 0 Å². The fraction of sp³-hybridized carbons (Fsp3) is 1.00. The molecule has 0 unspecified atom stereocenters. The normalized spacial score (nSPS) is 21.0. The molecule has 1 rings (SSSR count). The van der Waals surface area contributed by atoms with Crippen molar-refractivity contribution in [1.29, 1.82) is 0 Å². The topological polar surface area (TPSA) is 21.3 Å². The third kappa shape index (κ3) is 4.43. The molecule has 0 amide bonds. The molecule has 0 spiro atoms. The lowest BCUT2D eigenvalue weighted by molar-refractivity contribution is 0.124. The van der Waals surface area contributed by atoms with E-state index >= 15 is 0 Å². The molecule has 0 aromatic rings. The fourth-order valence-electron chi connectivity index (χ4n) is 2.18. The van der Waals surface area contributed by atoms with Gasteiger partial charge in [0.15, 0.2) is 0 Å². The van der Waals surface area contributed by atoms with Crippen LogP contribution in [0.3, 0.4) is 0 Å². The van der Waals surface area contributed by atoms with E-state index in [1.807, 2.05) is 0 Å². The molecular weight excluding hydrogens is 174 g/mol. The van der Waals surface area contributed by atoms with Gasteiger partial charge in [-0.15, -0.1) is 0 Å². The second kappa shape index (κ2) is 6.41. The van der Waals surface area contributed by atoms with Gasteiger partial charge in [-0.1, -0.05) is 26.2 Å². The quantitative estimate of drug-likeness (QED) is 0.664. The Hall–Kier alpha value is -0.0800. The van der Waals surface area contributed by atoms with Crippen LogP contribution in [0.4, 0.5) is 0 Å². The summed E-state index contributed by atoms with van der Waals surface area (Å²) >= 11 is 0. The maximum Gasteiger partial charge on any atom is 0.0591 e. The van der Waals surface area contributed by atoms with Crippen LogP contribution in [0.1, 0.15) is 52.4 Å². The molecule has 0 heterocycles. The van der Waals surface area contributed by atoms with Crippen molar-refractivity contribution in [2.75, 3.05) is 19.8 Å². The first-order valence-corrected chi connectivity index (χ1v) is 6.10. The van der Waals surface area contributed by atoms with Crippen molar-refractivity contribution in [1.82, 2.24) is 5.32 Å². The molecule has 2 nitrogen and oxygen atoms in total. The SMILES string of the molecule is CCCOCCNC1(C)CCCCC1. The lowest BCUT2D eigenvalue weighted by Crippen LogP contribution is -2.45. The van der Waals surface area contributed by atoms with Crippen LogP contribution >= 0.6 is 0 Å². The van der Waals surface area contributed by atoms with Gasteiger partial charge in [0, 0.05) is 18.7 Å². The highest BCUT2D eigenvalue weighted by molar-refractivity contribution is 4.85. The molecule has 84 valence electrons. The van der Waals surface area contributed by atoms with E-state index in [-0.39, 0.29) is 0 Å². The van der Waals surface area contributed by atoms with E-state index in [9.17, 15) is 0 Å². The van der Waals surface area contributed by atoms with Crippen molar-refractivity contribution < 1.29 is 4.74 Å². The Morgan fingerprint density at radius 2 is 1.86 bits per heavy atom. The average molecular weight is 199 g/mol. The van der Waals surface area contributed by atoms with E-state index in [4.69, 9.17) is 4.74 Å². The number of nitrogens with one attached hydrogen (secondary N) is 1. The van der Waals surface area contributed by atoms with Crippen LogP contribution in [-0.4, -0.2) is 25.3 Å². The van der Waals surface area contributed by atoms with Crippen molar-refractivity contribution in [2.45, 2.75) is 57.9 Å². The van der Waals surface area contributed by atoms with Crippen molar-refractivity contribution >= 4 is 0 Å².